The molecule has 0 spiro atoms. The normalized spacial score (nSPS) is 15.5. The molecule has 27 heavy (non-hydrogen) atoms. The summed E-state index contributed by atoms with van der Waals surface area (Å²) in [5, 5.41) is 3.59. The van der Waals surface area contributed by atoms with Gasteiger partial charge in [-0.15, -0.1) is 0 Å². The third-order valence-electron chi connectivity index (χ3n) is 4.85. The van der Waals surface area contributed by atoms with Crippen LogP contribution in [0.1, 0.15) is 44.9 Å². The summed E-state index contributed by atoms with van der Waals surface area (Å²) >= 11 is 0. The minimum absolute atomic E-state index is 0.0959. The smallest absolute Gasteiger partial charge is 0.375 e. The Kier molecular flexibility index (Phi) is 4.03. The molecule has 1 N–H and O–H groups in total. The summed E-state index contributed by atoms with van der Waals surface area (Å²) < 4.78 is 10.7. The molecule has 6 heteroatoms. The maximum Gasteiger partial charge on any atom is 0.375 e. The monoisotopic (exact) mass is 363 g/mol. The van der Waals surface area contributed by atoms with Crippen LogP contribution in [0, 0.1) is 6.92 Å². The molecule has 6 nitrogen and oxygen atoms in total. The molecule has 2 aromatic carbocycles. The Hall–Kier alpha value is -3.41. The second-order valence-electron chi connectivity index (χ2n) is 6.56. The van der Waals surface area contributed by atoms with Gasteiger partial charge in [0.1, 0.15) is 5.58 Å². The highest BCUT2D eigenvalue weighted by Gasteiger charge is 2.27. The number of hydrogen-bond donors (Lipinski definition) is 1. The predicted molar refractivity (Wildman–Crippen MR) is 99.1 cm³/mol. The van der Waals surface area contributed by atoms with Gasteiger partial charge in [-0.1, -0.05) is 18.2 Å². The number of rotatable bonds is 4. The number of Topliss-reactive ketones (excluding diaryl/α,β-unsaturated/α-hetero) is 1. The molecule has 1 amide bonds. The minimum atomic E-state index is -0.677. The van der Waals surface area contributed by atoms with E-state index >= 15 is 0 Å². The number of nitrogens with one attached hydrogen (secondary N) is 1. The summed E-state index contributed by atoms with van der Waals surface area (Å²) in [6.45, 7) is 3.15. The number of ketones is 1. The van der Waals surface area contributed by atoms with Crippen molar-refractivity contribution >= 4 is 34.3 Å². The minimum Gasteiger partial charge on any atom is -0.451 e. The number of carbonyl (C=O) groups excluding carboxylic acids is 3. The van der Waals surface area contributed by atoms with E-state index in [-0.39, 0.29) is 23.4 Å². The van der Waals surface area contributed by atoms with Crippen LogP contribution >= 0.6 is 0 Å². The van der Waals surface area contributed by atoms with Crippen molar-refractivity contribution in [3.8, 4) is 0 Å². The number of anilines is 1. The molecule has 0 radical (unpaired) electrons. The molecule has 0 fully saturated rings. The molecule has 2 heterocycles. The number of para-hydroxylation sites is 1. The summed E-state index contributed by atoms with van der Waals surface area (Å²) in [6, 6.07) is 12.3. The van der Waals surface area contributed by atoms with E-state index in [0.29, 0.717) is 22.4 Å². The standard InChI is InChI=1S/C21H17NO5/c1-11-14-5-3-4-6-18(14)27-19(11)21(25)26-10-17(23)13-7-8-16-15(9-13)12(2)20(24)22-16/h3-9,12H,10H2,1-2H3,(H,22,24)/t12-/m0/s1. The summed E-state index contributed by atoms with van der Waals surface area (Å²) in [5.74, 6) is -1.33. The summed E-state index contributed by atoms with van der Waals surface area (Å²) in [6.07, 6.45) is 0. The van der Waals surface area contributed by atoms with Crippen molar-refractivity contribution in [2.45, 2.75) is 19.8 Å². The van der Waals surface area contributed by atoms with Crippen LogP contribution in [0.3, 0.4) is 0 Å². The molecule has 1 aliphatic heterocycles. The molecule has 0 bridgehead atoms. The lowest BCUT2D eigenvalue weighted by atomic mass is 9.99. The van der Waals surface area contributed by atoms with Crippen molar-refractivity contribution in [3.05, 3.63) is 64.9 Å². The highest BCUT2D eigenvalue weighted by molar-refractivity contribution is 6.05. The zero-order chi connectivity index (χ0) is 19.1. The quantitative estimate of drug-likeness (QED) is 0.562. The number of hydrogen-bond acceptors (Lipinski definition) is 5. The first-order valence-corrected chi connectivity index (χ1v) is 8.59. The number of ether oxygens (including phenoxy) is 1. The van der Waals surface area contributed by atoms with Gasteiger partial charge in [-0.3, -0.25) is 9.59 Å². The van der Waals surface area contributed by atoms with Crippen molar-refractivity contribution in [1.29, 1.82) is 0 Å². The van der Waals surface area contributed by atoms with Crippen LogP contribution in [0.4, 0.5) is 5.69 Å². The molecule has 1 atom stereocenters. The highest BCUT2D eigenvalue weighted by atomic mass is 16.5. The summed E-state index contributed by atoms with van der Waals surface area (Å²) in [7, 11) is 0. The van der Waals surface area contributed by atoms with Gasteiger partial charge in [-0.05, 0) is 43.7 Å². The molecule has 0 unspecified atom stereocenters. The van der Waals surface area contributed by atoms with Gasteiger partial charge in [0.2, 0.25) is 11.7 Å². The first-order chi connectivity index (χ1) is 13.0. The van der Waals surface area contributed by atoms with Crippen LogP contribution in [0.25, 0.3) is 11.0 Å². The van der Waals surface area contributed by atoms with Gasteiger partial charge in [-0.25, -0.2) is 4.79 Å². The second-order valence-corrected chi connectivity index (χ2v) is 6.56. The molecule has 0 saturated heterocycles. The van der Waals surface area contributed by atoms with Crippen LogP contribution in [-0.4, -0.2) is 24.3 Å². The van der Waals surface area contributed by atoms with E-state index in [1.165, 1.54) is 0 Å². The van der Waals surface area contributed by atoms with Crippen molar-refractivity contribution in [1.82, 2.24) is 0 Å². The van der Waals surface area contributed by atoms with Crippen molar-refractivity contribution in [3.63, 3.8) is 0 Å². The molecular weight excluding hydrogens is 346 g/mol. The average molecular weight is 363 g/mol. The number of benzene rings is 2. The maximum atomic E-state index is 12.4. The molecule has 1 aliphatic rings. The Labute approximate surface area is 155 Å². The number of furan rings is 1. The van der Waals surface area contributed by atoms with Gasteiger partial charge in [0.15, 0.2) is 12.4 Å². The Bertz CT molecular complexity index is 1100. The van der Waals surface area contributed by atoms with Crippen molar-refractivity contribution in [2.75, 3.05) is 11.9 Å². The number of amides is 1. The maximum absolute atomic E-state index is 12.4. The lowest BCUT2D eigenvalue weighted by Crippen LogP contribution is -2.14. The van der Waals surface area contributed by atoms with Gasteiger partial charge in [0.25, 0.3) is 0 Å². The predicted octanol–water partition coefficient (Wildman–Crippen LogP) is 3.84. The van der Waals surface area contributed by atoms with Crippen LogP contribution in [0.5, 0.6) is 0 Å². The van der Waals surface area contributed by atoms with Gasteiger partial charge in [-0.2, -0.15) is 0 Å². The third kappa shape index (κ3) is 2.89. The van der Waals surface area contributed by atoms with E-state index in [9.17, 15) is 14.4 Å². The average Bonchev–Trinajstić information content (AvgIpc) is 3.16. The van der Waals surface area contributed by atoms with Crippen LogP contribution in [0.15, 0.2) is 46.9 Å². The number of fused-ring (bicyclic) bond motifs is 2. The molecule has 3 aromatic rings. The van der Waals surface area contributed by atoms with Crippen molar-refractivity contribution < 1.29 is 23.5 Å². The van der Waals surface area contributed by atoms with E-state index in [1.54, 1.807) is 38.1 Å². The van der Waals surface area contributed by atoms with Gasteiger partial charge >= 0.3 is 5.97 Å². The molecule has 1 aromatic heterocycles. The van der Waals surface area contributed by atoms with Gasteiger partial charge < -0.3 is 14.5 Å². The second kappa shape index (κ2) is 6.39. The zero-order valence-electron chi connectivity index (χ0n) is 14.9. The van der Waals surface area contributed by atoms with Crippen LogP contribution in [0.2, 0.25) is 0 Å². The molecular formula is C21H17NO5. The van der Waals surface area contributed by atoms with Gasteiger partial charge in [0.05, 0.1) is 5.92 Å². The first-order valence-electron chi connectivity index (χ1n) is 8.59. The third-order valence-corrected chi connectivity index (χ3v) is 4.85. The molecule has 0 saturated carbocycles. The van der Waals surface area contributed by atoms with Crippen LogP contribution < -0.4 is 5.32 Å². The van der Waals surface area contributed by atoms with Gasteiger partial charge in [0, 0.05) is 22.2 Å². The van der Waals surface area contributed by atoms with E-state index in [1.807, 2.05) is 18.2 Å². The van der Waals surface area contributed by atoms with E-state index in [2.05, 4.69) is 5.32 Å². The number of carbonyl (C=O) groups is 3. The first kappa shape index (κ1) is 17.0. The summed E-state index contributed by atoms with van der Waals surface area (Å²) in [5.41, 5.74) is 3.15. The lowest BCUT2D eigenvalue weighted by Gasteiger charge is -2.06. The Morgan fingerprint density at radius 1 is 1.19 bits per heavy atom. The van der Waals surface area contributed by atoms with E-state index < -0.39 is 12.6 Å². The largest absolute Gasteiger partial charge is 0.451 e. The topological polar surface area (TPSA) is 85.6 Å². The Morgan fingerprint density at radius 2 is 1.96 bits per heavy atom. The lowest BCUT2D eigenvalue weighted by molar-refractivity contribution is -0.116. The molecule has 4 rings (SSSR count). The van der Waals surface area contributed by atoms with E-state index in [0.717, 1.165) is 10.9 Å². The van der Waals surface area contributed by atoms with Crippen molar-refractivity contribution in [2.24, 2.45) is 0 Å². The fourth-order valence-corrected chi connectivity index (χ4v) is 3.24. The number of aryl methyl sites for hydroxylation is 1. The SMILES string of the molecule is Cc1c(C(=O)OCC(=O)c2ccc3c(c2)[C@H](C)C(=O)N3)oc2ccccc12. The Morgan fingerprint density at radius 3 is 2.74 bits per heavy atom. The Balaban J connectivity index is 1.48. The van der Waals surface area contributed by atoms with Crippen LogP contribution in [-0.2, 0) is 9.53 Å². The number of esters is 1. The fourth-order valence-electron chi connectivity index (χ4n) is 3.24. The fraction of sp³-hybridized carbons (Fsp3) is 0.190. The highest BCUT2D eigenvalue weighted by Crippen LogP contribution is 2.32. The zero-order valence-corrected chi connectivity index (χ0v) is 14.9. The molecule has 136 valence electrons. The molecule has 0 aliphatic carbocycles. The van der Waals surface area contributed by atoms with E-state index in [4.69, 9.17) is 9.15 Å². The summed E-state index contributed by atoms with van der Waals surface area (Å²) in [4.78, 5) is 36.5.